The maximum atomic E-state index is 8.83. The van der Waals surface area contributed by atoms with Crippen LogP contribution < -0.4 is 4.74 Å². The van der Waals surface area contributed by atoms with Gasteiger partial charge in [0.1, 0.15) is 5.75 Å². The van der Waals surface area contributed by atoms with Gasteiger partial charge < -0.3 is 4.74 Å². The van der Waals surface area contributed by atoms with E-state index in [1.54, 1.807) is 0 Å². The Morgan fingerprint density at radius 1 is 1.40 bits per heavy atom. The van der Waals surface area contributed by atoms with Crippen molar-refractivity contribution in [1.29, 1.82) is 5.26 Å². The largest absolute Gasteiger partial charge is 0.494 e. The highest BCUT2D eigenvalue weighted by molar-refractivity contribution is 5.27. The summed E-state index contributed by atoms with van der Waals surface area (Å²) in [5, 5.41) is 8.83. The predicted molar refractivity (Wildman–Crippen MR) is 60.7 cm³/mol. The molecule has 0 amide bonds. The quantitative estimate of drug-likeness (QED) is 0.752. The fourth-order valence-corrected chi connectivity index (χ4v) is 1.19. The van der Waals surface area contributed by atoms with Crippen LogP contribution in [0.4, 0.5) is 0 Å². The second-order valence-electron chi connectivity index (χ2n) is 4.41. The zero-order valence-corrected chi connectivity index (χ0v) is 9.58. The lowest BCUT2D eigenvalue weighted by Crippen LogP contribution is -2.13. The van der Waals surface area contributed by atoms with Crippen LogP contribution in [0.25, 0.3) is 0 Å². The van der Waals surface area contributed by atoms with Gasteiger partial charge in [0.15, 0.2) is 0 Å². The summed E-state index contributed by atoms with van der Waals surface area (Å²) < 4.78 is 5.57. The Labute approximate surface area is 91.5 Å². The highest BCUT2D eigenvalue weighted by Crippen LogP contribution is 2.19. The van der Waals surface area contributed by atoms with E-state index >= 15 is 0 Å². The summed E-state index contributed by atoms with van der Waals surface area (Å²) in [6.07, 6.45) is 0.747. The zero-order valence-electron chi connectivity index (χ0n) is 9.58. The van der Waals surface area contributed by atoms with Gasteiger partial charge in [-0.3, -0.25) is 0 Å². The first-order valence-electron chi connectivity index (χ1n) is 5.14. The van der Waals surface area contributed by atoms with E-state index in [-0.39, 0.29) is 5.41 Å². The minimum Gasteiger partial charge on any atom is -0.494 e. The van der Waals surface area contributed by atoms with Crippen LogP contribution in [-0.4, -0.2) is 6.61 Å². The molecule has 0 aliphatic heterocycles. The molecular weight excluding hydrogens is 186 g/mol. The summed E-state index contributed by atoms with van der Waals surface area (Å²) in [6.45, 7) is 6.47. The van der Waals surface area contributed by atoms with E-state index in [9.17, 15) is 0 Å². The van der Waals surface area contributed by atoms with Gasteiger partial charge in [0.05, 0.1) is 18.1 Å². The zero-order chi connectivity index (χ0) is 11.3. The fraction of sp³-hybridized carbons (Fsp3) is 0.462. The maximum Gasteiger partial charge on any atom is 0.119 e. The second-order valence-corrected chi connectivity index (χ2v) is 4.41. The maximum absolute atomic E-state index is 8.83. The molecule has 15 heavy (non-hydrogen) atoms. The number of nitrogens with zero attached hydrogens (tertiary/aromatic N) is 1. The molecule has 0 N–H and O–H groups in total. The number of rotatable bonds is 4. The minimum absolute atomic E-state index is 0.302. The predicted octanol–water partition coefficient (Wildman–Crippen LogP) is 3.31. The first-order chi connectivity index (χ1) is 7.03. The van der Waals surface area contributed by atoms with Gasteiger partial charge in [-0.2, -0.15) is 5.26 Å². The van der Waals surface area contributed by atoms with Crippen molar-refractivity contribution in [3.8, 4) is 11.8 Å². The van der Waals surface area contributed by atoms with Gasteiger partial charge in [0.2, 0.25) is 0 Å². The second kappa shape index (κ2) is 4.84. The van der Waals surface area contributed by atoms with E-state index in [4.69, 9.17) is 10.00 Å². The highest BCUT2D eigenvalue weighted by atomic mass is 16.5. The van der Waals surface area contributed by atoms with Crippen LogP contribution in [-0.2, 0) is 0 Å². The number of hydrogen-bond donors (Lipinski definition) is 0. The Bertz CT molecular complexity index is 363. The summed E-state index contributed by atoms with van der Waals surface area (Å²) in [7, 11) is 0. The summed E-state index contributed by atoms with van der Waals surface area (Å²) in [5.41, 5.74) is 0.885. The van der Waals surface area contributed by atoms with E-state index in [1.807, 2.05) is 45.0 Å². The van der Waals surface area contributed by atoms with Crippen molar-refractivity contribution in [2.24, 2.45) is 5.41 Å². The standard InChI is InChI=1S/C13H17NO/c1-11-5-4-6-12(9-11)15-8-7-13(2,3)10-14/h4-6,9H,7-8H2,1-3H3. The Kier molecular flexibility index (Phi) is 3.74. The molecule has 80 valence electrons. The van der Waals surface area contributed by atoms with E-state index < -0.39 is 0 Å². The number of ether oxygens (including phenoxy) is 1. The number of nitriles is 1. The van der Waals surface area contributed by atoms with E-state index in [0.717, 1.165) is 12.2 Å². The molecule has 2 heteroatoms. The van der Waals surface area contributed by atoms with Gasteiger partial charge in [-0.1, -0.05) is 12.1 Å². The molecular formula is C13H17NO. The van der Waals surface area contributed by atoms with Crippen molar-refractivity contribution in [2.75, 3.05) is 6.61 Å². The first-order valence-corrected chi connectivity index (χ1v) is 5.14. The van der Waals surface area contributed by atoms with Crippen LogP contribution in [0, 0.1) is 23.7 Å². The third-order valence-corrected chi connectivity index (χ3v) is 2.29. The molecule has 1 rings (SSSR count). The van der Waals surface area contributed by atoms with Crippen molar-refractivity contribution in [3.05, 3.63) is 29.8 Å². The Hall–Kier alpha value is -1.49. The molecule has 0 fully saturated rings. The summed E-state index contributed by atoms with van der Waals surface area (Å²) in [6, 6.07) is 10.2. The number of aryl methyl sites for hydroxylation is 1. The summed E-state index contributed by atoms with van der Waals surface area (Å²) >= 11 is 0. The van der Waals surface area contributed by atoms with Crippen LogP contribution in [0.1, 0.15) is 25.8 Å². The molecule has 0 aliphatic carbocycles. The van der Waals surface area contributed by atoms with E-state index in [1.165, 1.54) is 5.56 Å². The normalized spacial score (nSPS) is 10.8. The monoisotopic (exact) mass is 203 g/mol. The Morgan fingerprint density at radius 3 is 2.73 bits per heavy atom. The molecule has 0 radical (unpaired) electrons. The van der Waals surface area contributed by atoms with Crippen molar-refractivity contribution >= 4 is 0 Å². The molecule has 0 saturated carbocycles. The third kappa shape index (κ3) is 4.03. The van der Waals surface area contributed by atoms with Crippen LogP contribution in [0.5, 0.6) is 5.75 Å². The average molecular weight is 203 g/mol. The Balaban J connectivity index is 2.42. The number of hydrogen-bond acceptors (Lipinski definition) is 2. The smallest absolute Gasteiger partial charge is 0.119 e. The first kappa shape index (κ1) is 11.6. The molecule has 0 aromatic heterocycles. The molecule has 0 unspecified atom stereocenters. The highest BCUT2D eigenvalue weighted by Gasteiger charge is 2.16. The summed E-state index contributed by atoms with van der Waals surface area (Å²) in [5.74, 6) is 0.878. The fourth-order valence-electron chi connectivity index (χ4n) is 1.19. The molecule has 1 aromatic rings. The van der Waals surface area contributed by atoms with Crippen molar-refractivity contribution in [1.82, 2.24) is 0 Å². The van der Waals surface area contributed by atoms with Gasteiger partial charge in [0, 0.05) is 0 Å². The molecule has 1 aromatic carbocycles. The van der Waals surface area contributed by atoms with Gasteiger partial charge in [-0.25, -0.2) is 0 Å². The molecule has 0 aliphatic rings. The summed E-state index contributed by atoms with van der Waals surface area (Å²) in [4.78, 5) is 0. The van der Waals surface area contributed by atoms with Crippen LogP contribution in [0.3, 0.4) is 0 Å². The molecule has 2 nitrogen and oxygen atoms in total. The lowest BCUT2D eigenvalue weighted by Gasteiger charge is -2.15. The van der Waals surface area contributed by atoms with E-state index in [2.05, 4.69) is 6.07 Å². The SMILES string of the molecule is Cc1cccc(OCCC(C)(C)C#N)c1. The average Bonchev–Trinajstić information content (AvgIpc) is 2.18. The van der Waals surface area contributed by atoms with Crippen molar-refractivity contribution in [2.45, 2.75) is 27.2 Å². The van der Waals surface area contributed by atoms with Gasteiger partial charge >= 0.3 is 0 Å². The Morgan fingerprint density at radius 2 is 2.13 bits per heavy atom. The van der Waals surface area contributed by atoms with Crippen LogP contribution in [0.15, 0.2) is 24.3 Å². The third-order valence-electron chi connectivity index (χ3n) is 2.29. The molecule has 0 bridgehead atoms. The van der Waals surface area contributed by atoms with Crippen LogP contribution >= 0.6 is 0 Å². The molecule has 0 saturated heterocycles. The molecule has 0 heterocycles. The van der Waals surface area contributed by atoms with Crippen LogP contribution in [0.2, 0.25) is 0 Å². The van der Waals surface area contributed by atoms with Gasteiger partial charge in [-0.05, 0) is 44.9 Å². The minimum atomic E-state index is -0.302. The van der Waals surface area contributed by atoms with Gasteiger partial charge in [0.25, 0.3) is 0 Å². The van der Waals surface area contributed by atoms with Crippen molar-refractivity contribution < 1.29 is 4.74 Å². The van der Waals surface area contributed by atoms with Crippen molar-refractivity contribution in [3.63, 3.8) is 0 Å². The van der Waals surface area contributed by atoms with E-state index in [0.29, 0.717) is 6.61 Å². The van der Waals surface area contributed by atoms with Gasteiger partial charge in [-0.15, -0.1) is 0 Å². The lowest BCUT2D eigenvalue weighted by molar-refractivity contribution is 0.264. The topological polar surface area (TPSA) is 33.0 Å². The molecule has 0 atom stereocenters. The lowest BCUT2D eigenvalue weighted by atomic mass is 9.92. The molecule has 0 spiro atoms. The number of benzene rings is 1.